The first-order valence-corrected chi connectivity index (χ1v) is 6.39. The van der Waals surface area contributed by atoms with Gasteiger partial charge in [0.15, 0.2) is 0 Å². The number of carbonyl (C=O) groups is 2. The Morgan fingerprint density at radius 3 is 2.71 bits per heavy atom. The summed E-state index contributed by atoms with van der Waals surface area (Å²) in [5.74, 6) is -0.437. The minimum atomic E-state index is -0.240. The van der Waals surface area contributed by atoms with E-state index in [1.165, 1.54) is 12.8 Å². The van der Waals surface area contributed by atoms with Crippen LogP contribution in [-0.2, 0) is 9.59 Å². The zero-order chi connectivity index (χ0) is 10.1. The Kier molecular flexibility index (Phi) is 2.81. The predicted molar refractivity (Wildman–Crippen MR) is 56.3 cm³/mol. The molecule has 0 bridgehead atoms. The molecule has 0 aromatic heterocycles. The van der Waals surface area contributed by atoms with Crippen molar-refractivity contribution in [3.63, 3.8) is 0 Å². The smallest absolute Gasteiger partial charge is 0.290 e. The van der Waals surface area contributed by atoms with Crippen LogP contribution in [0.5, 0.6) is 0 Å². The lowest BCUT2D eigenvalue weighted by molar-refractivity contribution is -0.141. The van der Waals surface area contributed by atoms with Crippen LogP contribution in [0.25, 0.3) is 0 Å². The molecular formula is C10H15NO2S. The number of hydrogen-bond donors (Lipinski definition) is 0. The van der Waals surface area contributed by atoms with Crippen LogP contribution < -0.4 is 0 Å². The van der Waals surface area contributed by atoms with Gasteiger partial charge in [0, 0.05) is 24.3 Å². The van der Waals surface area contributed by atoms with Gasteiger partial charge in [0.2, 0.25) is 5.78 Å². The fourth-order valence-corrected chi connectivity index (χ4v) is 3.44. The van der Waals surface area contributed by atoms with Crippen molar-refractivity contribution < 1.29 is 9.59 Å². The van der Waals surface area contributed by atoms with E-state index in [-0.39, 0.29) is 11.7 Å². The number of Topliss-reactive ketones (excluding diaryl/α,β-unsaturated/α-hetero) is 1. The van der Waals surface area contributed by atoms with Crippen molar-refractivity contribution >= 4 is 23.5 Å². The number of nitrogens with zero attached hydrogens (tertiary/aromatic N) is 1. The summed E-state index contributed by atoms with van der Waals surface area (Å²) in [7, 11) is 0. The van der Waals surface area contributed by atoms with E-state index in [4.69, 9.17) is 0 Å². The van der Waals surface area contributed by atoms with Crippen molar-refractivity contribution in [3.8, 4) is 0 Å². The number of rotatable bonds is 2. The second-order valence-corrected chi connectivity index (χ2v) is 5.02. The van der Waals surface area contributed by atoms with Gasteiger partial charge in [-0.15, -0.1) is 0 Å². The Morgan fingerprint density at radius 2 is 2.14 bits per heavy atom. The zero-order valence-corrected chi connectivity index (χ0v) is 9.18. The summed E-state index contributed by atoms with van der Waals surface area (Å²) in [4.78, 5) is 24.5. The van der Waals surface area contributed by atoms with Gasteiger partial charge in [-0.2, -0.15) is 11.8 Å². The molecule has 0 radical (unpaired) electrons. The minimum Gasteiger partial charge on any atom is -0.332 e. The summed E-state index contributed by atoms with van der Waals surface area (Å²) in [6.07, 6.45) is 5.96. The maximum Gasteiger partial charge on any atom is 0.290 e. The molecule has 2 aliphatic rings. The second-order valence-electron chi connectivity index (χ2n) is 3.94. The molecule has 14 heavy (non-hydrogen) atoms. The molecule has 0 N–H and O–H groups in total. The van der Waals surface area contributed by atoms with Gasteiger partial charge in [-0.05, 0) is 19.1 Å². The number of amides is 1. The summed E-state index contributed by atoms with van der Waals surface area (Å²) < 4.78 is 0. The summed E-state index contributed by atoms with van der Waals surface area (Å²) >= 11 is 1.83. The van der Waals surface area contributed by atoms with Crippen LogP contribution in [0.4, 0.5) is 0 Å². The molecule has 1 amide bonds. The molecule has 1 saturated carbocycles. The van der Waals surface area contributed by atoms with Gasteiger partial charge in [-0.1, -0.05) is 6.42 Å². The van der Waals surface area contributed by atoms with Crippen molar-refractivity contribution in [2.45, 2.75) is 37.0 Å². The maximum absolute atomic E-state index is 11.5. The van der Waals surface area contributed by atoms with Crippen molar-refractivity contribution in [1.82, 2.24) is 4.90 Å². The lowest BCUT2D eigenvalue weighted by Crippen LogP contribution is -2.41. The van der Waals surface area contributed by atoms with Gasteiger partial charge in [0.05, 0.1) is 0 Å². The van der Waals surface area contributed by atoms with Gasteiger partial charge >= 0.3 is 0 Å². The van der Waals surface area contributed by atoms with E-state index in [0.717, 1.165) is 6.42 Å². The first kappa shape index (κ1) is 10.0. The van der Waals surface area contributed by atoms with E-state index in [2.05, 4.69) is 6.26 Å². The van der Waals surface area contributed by atoms with Gasteiger partial charge in [0.1, 0.15) is 0 Å². The molecule has 1 heterocycles. The maximum atomic E-state index is 11.5. The molecule has 2 atom stereocenters. The average Bonchev–Trinajstić information content (AvgIpc) is 2.75. The molecule has 0 aromatic rings. The normalized spacial score (nSPS) is 33.1. The van der Waals surface area contributed by atoms with E-state index in [0.29, 0.717) is 24.3 Å². The lowest BCUT2D eigenvalue weighted by atomic mass is 10.2. The Balaban J connectivity index is 2.07. The van der Waals surface area contributed by atoms with Gasteiger partial charge in [0.25, 0.3) is 5.91 Å². The minimum absolute atomic E-state index is 0.197. The van der Waals surface area contributed by atoms with E-state index < -0.39 is 0 Å². The average molecular weight is 213 g/mol. The highest BCUT2D eigenvalue weighted by atomic mass is 32.2. The van der Waals surface area contributed by atoms with Crippen LogP contribution in [0.15, 0.2) is 0 Å². The molecule has 0 aromatic carbocycles. The first-order valence-electron chi connectivity index (χ1n) is 5.10. The summed E-state index contributed by atoms with van der Waals surface area (Å²) in [5, 5.41) is 0.546. The Hall–Kier alpha value is -0.510. The van der Waals surface area contributed by atoms with Crippen molar-refractivity contribution in [1.29, 1.82) is 0 Å². The largest absolute Gasteiger partial charge is 0.332 e. The highest BCUT2D eigenvalue weighted by molar-refractivity contribution is 7.99. The molecule has 2 unspecified atom stereocenters. The van der Waals surface area contributed by atoms with Crippen LogP contribution in [0, 0.1) is 0 Å². The van der Waals surface area contributed by atoms with Crippen LogP contribution >= 0.6 is 11.8 Å². The van der Waals surface area contributed by atoms with E-state index in [1.807, 2.05) is 11.8 Å². The molecule has 3 nitrogen and oxygen atoms in total. The zero-order valence-electron chi connectivity index (χ0n) is 8.36. The molecule has 1 aliphatic heterocycles. The molecule has 2 rings (SSSR count). The summed E-state index contributed by atoms with van der Waals surface area (Å²) in [6.45, 7) is 0.652. The Bertz CT molecular complexity index is 267. The molecule has 1 saturated heterocycles. The summed E-state index contributed by atoms with van der Waals surface area (Å²) in [5.41, 5.74) is 0. The predicted octanol–water partition coefficient (Wildman–Crippen LogP) is 1.07. The Labute approximate surface area is 88.2 Å². The van der Waals surface area contributed by atoms with Crippen LogP contribution in [-0.4, -0.2) is 40.7 Å². The van der Waals surface area contributed by atoms with Crippen molar-refractivity contribution in [3.05, 3.63) is 0 Å². The van der Waals surface area contributed by atoms with Gasteiger partial charge in [-0.25, -0.2) is 0 Å². The molecule has 4 heteroatoms. The fraction of sp³-hybridized carbons (Fsp3) is 0.800. The van der Waals surface area contributed by atoms with Crippen LogP contribution in [0.2, 0.25) is 0 Å². The third kappa shape index (κ3) is 1.56. The fourth-order valence-electron chi connectivity index (χ4n) is 2.45. The number of ketones is 1. The quantitative estimate of drug-likeness (QED) is 0.644. The number of thioether (sulfide) groups is 1. The van der Waals surface area contributed by atoms with Crippen molar-refractivity contribution in [2.24, 2.45) is 0 Å². The van der Waals surface area contributed by atoms with E-state index >= 15 is 0 Å². The third-order valence-corrected chi connectivity index (χ3v) is 4.36. The molecule has 1 aliphatic carbocycles. The number of carbonyl (C=O) groups excluding carboxylic acids is 2. The highest BCUT2D eigenvalue weighted by Crippen LogP contribution is 2.33. The SMILES string of the molecule is CSC1CCCC1N1CCC(=O)C1=O. The first-order chi connectivity index (χ1) is 6.74. The molecule has 2 fully saturated rings. The lowest BCUT2D eigenvalue weighted by Gasteiger charge is -2.27. The highest BCUT2D eigenvalue weighted by Gasteiger charge is 2.39. The topological polar surface area (TPSA) is 37.4 Å². The van der Waals surface area contributed by atoms with Crippen LogP contribution in [0.1, 0.15) is 25.7 Å². The standard InChI is InChI=1S/C10H15NO2S/c1-14-9-4-2-3-7(9)11-6-5-8(12)10(11)13/h7,9H,2-6H2,1H3. The number of hydrogen-bond acceptors (Lipinski definition) is 3. The molecule has 78 valence electrons. The Morgan fingerprint density at radius 1 is 1.36 bits per heavy atom. The van der Waals surface area contributed by atoms with Crippen LogP contribution in [0.3, 0.4) is 0 Å². The summed E-state index contributed by atoms with van der Waals surface area (Å²) in [6, 6.07) is 0.323. The van der Waals surface area contributed by atoms with E-state index in [9.17, 15) is 9.59 Å². The number of likely N-dealkylation sites (tertiary alicyclic amines) is 1. The molecule has 0 spiro atoms. The van der Waals surface area contributed by atoms with Crippen molar-refractivity contribution in [2.75, 3.05) is 12.8 Å². The third-order valence-electron chi connectivity index (χ3n) is 3.20. The van der Waals surface area contributed by atoms with Gasteiger partial charge in [-0.3, -0.25) is 9.59 Å². The molecular weight excluding hydrogens is 198 g/mol. The van der Waals surface area contributed by atoms with Gasteiger partial charge < -0.3 is 4.90 Å². The second kappa shape index (κ2) is 3.93. The monoisotopic (exact) mass is 213 g/mol. The van der Waals surface area contributed by atoms with E-state index in [1.54, 1.807) is 4.90 Å².